The van der Waals surface area contributed by atoms with E-state index in [-0.39, 0.29) is 23.9 Å². The minimum atomic E-state index is -0.267. The number of carbonyl (C=O) groups is 1. The number of anilines is 2. The molecule has 0 radical (unpaired) electrons. The van der Waals surface area contributed by atoms with E-state index < -0.39 is 0 Å². The van der Waals surface area contributed by atoms with Crippen molar-refractivity contribution in [3.05, 3.63) is 64.8 Å². The molecule has 7 rings (SSSR count). The Labute approximate surface area is 281 Å². The van der Waals surface area contributed by atoms with Crippen molar-refractivity contribution in [3.8, 4) is 12.1 Å². The first-order valence-electron chi connectivity index (χ1n) is 16.7. The number of rotatable bonds is 9. The molecule has 10 nitrogen and oxygen atoms in total. The number of fused-ring (bicyclic) bond motifs is 3. The summed E-state index contributed by atoms with van der Waals surface area (Å²) in [5.74, 6) is 0.773. The molecule has 0 N–H and O–H groups in total. The van der Waals surface area contributed by atoms with Gasteiger partial charge in [-0.2, -0.15) is 15.2 Å². The largest absolute Gasteiger partial charge is 0.462 e. The lowest BCUT2D eigenvalue weighted by molar-refractivity contribution is -0.128. The van der Waals surface area contributed by atoms with Gasteiger partial charge in [-0.3, -0.25) is 4.79 Å². The van der Waals surface area contributed by atoms with Crippen molar-refractivity contribution >= 4 is 39.8 Å². The fourth-order valence-corrected chi connectivity index (χ4v) is 8.03. The summed E-state index contributed by atoms with van der Waals surface area (Å²) in [5.41, 5.74) is 3.04. The SMILES string of the molecule is COC/C=C/C(=O)N1CCN(c2nc(OC[C@@H]3CCCN3C)nc3c2CCN(c2cccc4cccc(Cl)c24)C32CC2)C[C@@H]1CC#N. The number of halogens is 1. The number of nitrogens with zero attached hydrogens (tertiary/aromatic N) is 7. The van der Waals surface area contributed by atoms with Crippen LogP contribution in [0, 0.1) is 11.3 Å². The summed E-state index contributed by atoms with van der Waals surface area (Å²) in [6.07, 6.45) is 8.49. The van der Waals surface area contributed by atoms with Crippen LogP contribution in [0.5, 0.6) is 6.01 Å². The number of methoxy groups -OCH3 is 1. The number of piperazine rings is 1. The van der Waals surface area contributed by atoms with Gasteiger partial charge in [0, 0.05) is 62.0 Å². The van der Waals surface area contributed by atoms with Gasteiger partial charge < -0.3 is 29.1 Å². The van der Waals surface area contributed by atoms with Crippen molar-refractivity contribution in [3.63, 3.8) is 0 Å². The molecule has 2 saturated heterocycles. The summed E-state index contributed by atoms with van der Waals surface area (Å²) < 4.78 is 11.5. The molecule has 1 aromatic heterocycles. The van der Waals surface area contributed by atoms with Gasteiger partial charge >= 0.3 is 6.01 Å². The lowest BCUT2D eigenvalue weighted by atomic mass is 9.93. The number of likely N-dealkylation sites (N-methyl/N-ethyl adjacent to an activating group) is 1. The summed E-state index contributed by atoms with van der Waals surface area (Å²) >= 11 is 6.83. The number of benzene rings is 2. The molecule has 2 aromatic carbocycles. The van der Waals surface area contributed by atoms with Crippen LogP contribution in [-0.2, 0) is 21.5 Å². The van der Waals surface area contributed by atoms with Crippen molar-refractivity contribution < 1.29 is 14.3 Å². The second kappa shape index (κ2) is 13.3. The van der Waals surface area contributed by atoms with E-state index in [9.17, 15) is 10.1 Å². The first kappa shape index (κ1) is 31.7. The molecule has 1 aliphatic carbocycles. The molecular weight excluding hydrogens is 614 g/mol. The van der Waals surface area contributed by atoms with Crippen LogP contribution in [0.15, 0.2) is 48.6 Å². The Balaban J connectivity index is 1.25. The molecule has 47 heavy (non-hydrogen) atoms. The van der Waals surface area contributed by atoms with E-state index in [0.717, 1.165) is 83.8 Å². The maximum Gasteiger partial charge on any atom is 0.318 e. The van der Waals surface area contributed by atoms with E-state index in [1.807, 2.05) is 12.1 Å². The number of ether oxygens (including phenoxy) is 2. The zero-order valence-corrected chi connectivity index (χ0v) is 28.0. The predicted molar refractivity (Wildman–Crippen MR) is 183 cm³/mol. The van der Waals surface area contributed by atoms with E-state index in [1.54, 1.807) is 24.2 Å². The van der Waals surface area contributed by atoms with Gasteiger partial charge in [-0.25, -0.2) is 0 Å². The average molecular weight is 656 g/mol. The van der Waals surface area contributed by atoms with Crippen molar-refractivity contribution in [2.75, 3.05) is 69.9 Å². The Kier molecular flexibility index (Phi) is 8.97. The molecule has 1 amide bonds. The van der Waals surface area contributed by atoms with E-state index in [4.69, 9.17) is 31.0 Å². The van der Waals surface area contributed by atoms with Crippen LogP contribution < -0.4 is 14.5 Å². The lowest BCUT2D eigenvalue weighted by Crippen LogP contribution is -2.55. The zero-order valence-electron chi connectivity index (χ0n) is 27.2. The smallest absolute Gasteiger partial charge is 0.318 e. The molecule has 3 aromatic rings. The third-order valence-corrected chi connectivity index (χ3v) is 10.7. The average Bonchev–Trinajstić information content (AvgIpc) is 3.76. The van der Waals surface area contributed by atoms with Gasteiger partial charge in [-0.05, 0) is 63.2 Å². The number of carbonyl (C=O) groups excluding carboxylic acids is 1. The third kappa shape index (κ3) is 6.01. The molecule has 0 bridgehead atoms. The number of amides is 1. The second-order valence-electron chi connectivity index (χ2n) is 13.1. The third-order valence-electron chi connectivity index (χ3n) is 10.3. The van der Waals surface area contributed by atoms with Gasteiger partial charge in [0.25, 0.3) is 0 Å². The Morgan fingerprint density at radius 3 is 2.70 bits per heavy atom. The topological polar surface area (TPSA) is 98.1 Å². The highest BCUT2D eigenvalue weighted by Crippen LogP contribution is 2.57. The number of nitriles is 1. The van der Waals surface area contributed by atoms with E-state index >= 15 is 0 Å². The Hall–Kier alpha value is -3.91. The van der Waals surface area contributed by atoms with Crippen LogP contribution >= 0.6 is 11.6 Å². The van der Waals surface area contributed by atoms with Gasteiger partial charge in [0.05, 0.1) is 41.4 Å². The zero-order chi connectivity index (χ0) is 32.5. The number of aromatic nitrogens is 2. The van der Waals surface area contributed by atoms with Gasteiger partial charge in [0.1, 0.15) is 12.4 Å². The van der Waals surface area contributed by atoms with E-state index in [0.29, 0.717) is 44.9 Å². The number of hydrogen-bond donors (Lipinski definition) is 0. The molecule has 3 fully saturated rings. The molecule has 4 aliphatic rings. The standard InChI is InChI=1S/C36H42ClN7O3/c1-41-18-5-9-27(41)24-47-35-39-33-28(34(40-35)42-20-21-43(26(23-42)13-17-38)31(45)12-6-22-46-2)14-19-44(36(33)15-16-36)30-11-4-8-25-7-3-10-29(37)32(25)30/h3-4,6-8,10-12,26-27H,5,9,13-16,18-24H2,1-2H3/b12-6+/t26-,27-/m0/s1. The molecule has 1 saturated carbocycles. The maximum absolute atomic E-state index is 13.1. The Morgan fingerprint density at radius 1 is 1.13 bits per heavy atom. The van der Waals surface area contributed by atoms with Crippen LogP contribution in [0.3, 0.4) is 0 Å². The van der Waals surface area contributed by atoms with E-state index in [1.165, 1.54) is 0 Å². The predicted octanol–water partition coefficient (Wildman–Crippen LogP) is 4.94. The molecule has 0 unspecified atom stereocenters. The number of likely N-dealkylation sites (tertiary alicyclic amines) is 1. The van der Waals surface area contributed by atoms with Gasteiger partial charge in [0.2, 0.25) is 5.91 Å². The first-order valence-corrected chi connectivity index (χ1v) is 17.1. The van der Waals surface area contributed by atoms with Crippen LogP contribution in [0.2, 0.25) is 5.02 Å². The molecule has 4 heterocycles. The molecule has 11 heteroatoms. The minimum Gasteiger partial charge on any atom is -0.462 e. The molecular formula is C36H42ClN7O3. The summed E-state index contributed by atoms with van der Waals surface area (Å²) in [6, 6.07) is 15.3. The van der Waals surface area contributed by atoms with Crippen LogP contribution in [0.4, 0.5) is 11.5 Å². The summed E-state index contributed by atoms with van der Waals surface area (Å²) in [7, 11) is 3.74. The maximum atomic E-state index is 13.1. The number of hydrogen-bond acceptors (Lipinski definition) is 9. The summed E-state index contributed by atoms with van der Waals surface area (Å²) in [6.45, 7) is 4.40. The monoisotopic (exact) mass is 655 g/mol. The van der Waals surface area contributed by atoms with Crippen molar-refractivity contribution in [2.24, 2.45) is 0 Å². The van der Waals surface area contributed by atoms with Crippen molar-refractivity contribution in [2.45, 2.75) is 56.1 Å². The highest BCUT2D eigenvalue weighted by atomic mass is 35.5. The fourth-order valence-electron chi connectivity index (χ4n) is 7.76. The Morgan fingerprint density at radius 2 is 1.96 bits per heavy atom. The fraction of sp³-hybridized carbons (Fsp3) is 0.500. The summed E-state index contributed by atoms with van der Waals surface area (Å²) in [4.78, 5) is 32.3. The van der Waals surface area contributed by atoms with Crippen LogP contribution in [0.25, 0.3) is 10.8 Å². The van der Waals surface area contributed by atoms with Crippen molar-refractivity contribution in [1.29, 1.82) is 5.26 Å². The van der Waals surface area contributed by atoms with E-state index in [2.05, 4.69) is 52.1 Å². The van der Waals surface area contributed by atoms with Gasteiger partial charge in [-0.15, -0.1) is 0 Å². The Bertz CT molecular complexity index is 1720. The van der Waals surface area contributed by atoms with Crippen LogP contribution in [-0.4, -0.2) is 97.9 Å². The normalized spacial score (nSPS) is 22.2. The minimum absolute atomic E-state index is 0.0994. The van der Waals surface area contributed by atoms with Gasteiger partial charge in [0.15, 0.2) is 0 Å². The summed E-state index contributed by atoms with van der Waals surface area (Å²) in [5, 5.41) is 12.7. The first-order chi connectivity index (χ1) is 22.9. The molecule has 2 atom stereocenters. The van der Waals surface area contributed by atoms with Crippen molar-refractivity contribution in [1.82, 2.24) is 19.8 Å². The quantitative estimate of drug-likeness (QED) is 0.297. The van der Waals surface area contributed by atoms with Gasteiger partial charge in [-0.1, -0.05) is 41.9 Å². The highest BCUT2D eigenvalue weighted by molar-refractivity contribution is 6.36. The lowest BCUT2D eigenvalue weighted by Gasteiger charge is -2.44. The van der Waals surface area contributed by atoms with Crippen LogP contribution in [0.1, 0.15) is 43.4 Å². The molecule has 1 spiro atoms. The molecule has 246 valence electrons. The highest BCUT2D eigenvalue weighted by Gasteiger charge is 2.55. The second-order valence-corrected chi connectivity index (χ2v) is 13.6. The molecule has 3 aliphatic heterocycles.